The van der Waals surface area contributed by atoms with E-state index in [-0.39, 0.29) is 34.6 Å². The summed E-state index contributed by atoms with van der Waals surface area (Å²) >= 11 is 0. The van der Waals surface area contributed by atoms with Crippen molar-refractivity contribution in [2.75, 3.05) is 11.5 Å². The molecule has 0 saturated heterocycles. The third kappa shape index (κ3) is 33.4. The summed E-state index contributed by atoms with van der Waals surface area (Å²) in [6, 6.07) is 0. The van der Waals surface area contributed by atoms with Gasteiger partial charge in [-0.1, -0.05) is 52.4 Å². The second kappa shape index (κ2) is 15.5. The summed E-state index contributed by atoms with van der Waals surface area (Å²) in [5, 5.41) is 0. The fourth-order valence-corrected chi connectivity index (χ4v) is 2.53. The summed E-state index contributed by atoms with van der Waals surface area (Å²) in [4.78, 5) is 0. The van der Waals surface area contributed by atoms with Gasteiger partial charge >= 0.3 is 23.1 Å². The van der Waals surface area contributed by atoms with E-state index in [4.69, 9.17) is 0 Å². The molecule has 0 saturated carbocycles. The molecule has 0 aromatic carbocycles. The first-order valence-electron chi connectivity index (χ1n) is 6.99. The van der Waals surface area contributed by atoms with Gasteiger partial charge in [-0.25, -0.2) is 16.8 Å². The molecule has 0 fully saturated rings. The predicted octanol–water partition coefficient (Wildman–Crippen LogP) is 1.84. The average Bonchev–Trinajstić information content (AvgIpc) is 2.29. The molecule has 0 amide bonds. The van der Waals surface area contributed by atoms with E-state index in [9.17, 15) is 25.9 Å². The number of unbranched alkanes of at least 4 members (excludes halogenated alkanes) is 6. The van der Waals surface area contributed by atoms with Crippen LogP contribution in [0.25, 0.3) is 0 Å². The number of rotatable bonds is 10. The van der Waals surface area contributed by atoms with Crippen LogP contribution in [0.1, 0.15) is 65.2 Å². The second-order valence-corrected chi connectivity index (χ2v) is 7.69. The molecule has 0 radical (unpaired) electrons. The van der Waals surface area contributed by atoms with Crippen LogP contribution in [0.4, 0.5) is 0 Å². The van der Waals surface area contributed by atoms with Crippen LogP contribution >= 0.6 is 0 Å². The predicted molar refractivity (Wildman–Crippen MR) is 83.2 cm³/mol. The van der Waals surface area contributed by atoms with Gasteiger partial charge in [0.2, 0.25) is 0 Å². The molecule has 0 aliphatic rings. The van der Waals surface area contributed by atoms with Gasteiger partial charge < -0.3 is 9.11 Å². The van der Waals surface area contributed by atoms with Gasteiger partial charge in [-0.2, -0.15) is 0 Å². The standard InChI is InChI=1S/2C6H14O3S.Mg/c2*1-2-3-4-5-6-10(7,8)9;/h2*2-6H2,1H3,(H,7,8,9);/q;;+2/p-2. The van der Waals surface area contributed by atoms with Gasteiger partial charge in [0.25, 0.3) is 0 Å². The van der Waals surface area contributed by atoms with Crippen molar-refractivity contribution in [3.05, 3.63) is 0 Å². The molecule has 0 bridgehead atoms. The van der Waals surface area contributed by atoms with Crippen molar-refractivity contribution in [2.45, 2.75) is 65.2 Å². The molecule has 0 aliphatic heterocycles. The Bertz CT molecular complexity index is 365. The average molecular weight is 355 g/mol. The van der Waals surface area contributed by atoms with Crippen molar-refractivity contribution in [3.8, 4) is 0 Å². The molecule has 0 unspecified atom stereocenters. The molecule has 124 valence electrons. The van der Waals surface area contributed by atoms with Gasteiger partial charge in [0, 0.05) is 11.5 Å². The Hall–Kier alpha value is 0.586. The smallest absolute Gasteiger partial charge is 0.748 e. The normalized spacial score (nSPS) is 11.2. The molecule has 0 aliphatic carbocycles. The molecule has 6 nitrogen and oxygen atoms in total. The van der Waals surface area contributed by atoms with Crippen LogP contribution < -0.4 is 0 Å². The monoisotopic (exact) mass is 354 g/mol. The summed E-state index contributed by atoms with van der Waals surface area (Å²) in [5.74, 6) is -0.403. The van der Waals surface area contributed by atoms with E-state index in [0.717, 1.165) is 38.5 Å². The molecule has 0 rings (SSSR count). The Labute approximate surface area is 145 Å². The van der Waals surface area contributed by atoms with Crippen molar-refractivity contribution in [1.82, 2.24) is 0 Å². The summed E-state index contributed by atoms with van der Waals surface area (Å²) in [5.41, 5.74) is 0. The molecule has 0 heterocycles. The molecule has 9 heteroatoms. The fraction of sp³-hybridized carbons (Fsp3) is 1.00. The second-order valence-electron chi connectivity index (χ2n) is 4.64. The molecule has 21 heavy (non-hydrogen) atoms. The van der Waals surface area contributed by atoms with E-state index in [1.54, 1.807) is 0 Å². The van der Waals surface area contributed by atoms with Crippen LogP contribution in [0.5, 0.6) is 0 Å². The van der Waals surface area contributed by atoms with E-state index in [2.05, 4.69) is 0 Å². The van der Waals surface area contributed by atoms with Crippen LogP contribution in [0.15, 0.2) is 0 Å². The SMILES string of the molecule is CCCCCCS(=O)(=O)[O-].CCCCCCS(=O)(=O)[O-].[Mg+2]. The molecule has 0 aromatic heterocycles. The first-order valence-corrected chi connectivity index (χ1v) is 10.1. The Balaban J connectivity index is -0.000000295. The maximum atomic E-state index is 10.0. The van der Waals surface area contributed by atoms with Crippen molar-refractivity contribution in [1.29, 1.82) is 0 Å². The Morgan fingerprint density at radius 1 is 0.619 bits per heavy atom. The van der Waals surface area contributed by atoms with E-state index in [1.807, 2.05) is 13.8 Å². The third-order valence-corrected chi connectivity index (χ3v) is 4.07. The van der Waals surface area contributed by atoms with Crippen molar-refractivity contribution >= 4 is 43.3 Å². The molecule has 0 spiro atoms. The minimum Gasteiger partial charge on any atom is -0.748 e. The molecule has 0 N–H and O–H groups in total. The maximum absolute atomic E-state index is 10.0. The summed E-state index contributed by atoms with van der Waals surface area (Å²) in [6.07, 6.45) is 6.85. The van der Waals surface area contributed by atoms with E-state index in [1.165, 1.54) is 0 Å². The Kier molecular flexibility index (Phi) is 19.5. The summed E-state index contributed by atoms with van der Waals surface area (Å²) < 4.78 is 60.2. The fourth-order valence-electron chi connectivity index (χ4n) is 1.41. The summed E-state index contributed by atoms with van der Waals surface area (Å²) in [7, 11) is -7.91. The molecule has 0 aromatic rings. The molecular weight excluding hydrogens is 329 g/mol. The first-order chi connectivity index (χ1) is 9.12. The van der Waals surface area contributed by atoms with E-state index >= 15 is 0 Å². The van der Waals surface area contributed by atoms with Crippen LogP contribution in [0.3, 0.4) is 0 Å². The van der Waals surface area contributed by atoms with Crippen LogP contribution in [-0.4, -0.2) is 60.5 Å². The van der Waals surface area contributed by atoms with Gasteiger partial charge in [0.1, 0.15) is 0 Å². The van der Waals surface area contributed by atoms with Crippen LogP contribution in [0.2, 0.25) is 0 Å². The van der Waals surface area contributed by atoms with Gasteiger partial charge in [-0.3, -0.25) is 0 Å². The van der Waals surface area contributed by atoms with Crippen molar-refractivity contribution < 1.29 is 25.9 Å². The Morgan fingerprint density at radius 2 is 0.905 bits per heavy atom. The van der Waals surface area contributed by atoms with Crippen LogP contribution in [-0.2, 0) is 20.2 Å². The molecule has 0 atom stereocenters. The first kappa shape index (κ1) is 26.5. The van der Waals surface area contributed by atoms with E-state index in [0.29, 0.717) is 12.8 Å². The summed E-state index contributed by atoms with van der Waals surface area (Å²) in [6.45, 7) is 4.07. The van der Waals surface area contributed by atoms with E-state index < -0.39 is 20.2 Å². The largest absolute Gasteiger partial charge is 2.00 e. The minimum absolute atomic E-state index is 0. The van der Waals surface area contributed by atoms with Gasteiger partial charge in [0.15, 0.2) is 0 Å². The third-order valence-electron chi connectivity index (χ3n) is 2.50. The quantitative estimate of drug-likeness (QED) is 0.336. The zero-order valence-corrected chi connectivity index (χ0v) is 16.1. The zero-order valence-electron chi connectivity index (χ0n) is 13.0. The minimum atomic E-state index is -3.95. The van der Waals surface area contributed by atoms with Gasteiger partial charge in [0.05, 0.1) is 20.2 Å². The zero-order chi connectivity index (χ0) is 16.1. The van der Waals surface area contributed by atoms with Crippen molar-refractivity contribution in [3.63, 3.8) is 0 Å². The Morgan fingerprint density at radius 3 is 1.10 bits per heavy atom. The number of hydrogen-bond acceptors (Lipinski definition) is 6. The number of hydrogen-bond donors (Lipinski definition) is 0. The van der Waals surface area contributed by atoms with Gasteiger partial charge in [-0.15, -0.1) is 0 Å². The van der Waals surface area contributed by atoms with Crippen molar-refractivity contribution in [2.24, 2.45) is 0 Å². The molecular formula is C12H26MgO6S2. The maximum Gasteiger partial charge on any atom is 2.00 e. The van der Waals surface area contributed by atoms with Gasteiger partial charge in [-0.05, 0) is 12.8 Å². The topological polar surface area (TPSA) is 114 Å². The van der Waals surface area contributed by atoms with Crippen LogP contribution in [0, 0.1) is 0 Å².